The molecular formula is C21H29N5O. The summed E-state index contributed by atoms with van der Waals surface area (Å²) in [6.07, 6.45) is 1.74. The van der Waals surface area contributed by atoms with E-state index in [1.54, 1.807) is 6.08 Å². The van der Waals surface area contributed by atoms with Crippen LogP contribution in [-0.2, 0) is 13.1 Å². The molecule has 2 rings (SSSR count). The first kappa shape index (κ1) is 20.3. The number of ether oxygens (including phenoxy) is 1. The molecule has 144 valence electrons. The molecule has 1 heterocycles. The van der Waals surface area contributed by atoms with Crippen LogP contribution in [0.15, 0.2) is 60.1 Å². The van der Waals surface area contributed by atoms with Gasteiger partial charge in [-0.25, -0.2) is 9.98 Å². The fourth-order valence-electron chi connectivity index (χ4n) is 2.42. The van der Waals surface area contributed by atoms with E-state index >= 15 is 0 Å². The van der Waals surface area contributed by atoms with Crippen LogP contribution >= 0.6 is 0 Å². The predicted molar refractivity (Wildman–Crippen MR) is 112 cm³/mol. The molecule has 0 saturated carbocycles. The Labute approximate surface area is 162 Å². The van der Waals surface area contributed by atoms with Gasteiger partial charge in [0.15, 0.2) is 5.96 Å². The third kappa shape index (κ3) is 6.66. The van der Waals surface area contributed by atoms with E-state index in [-0.39, 0.29) is 0 Å². The van der Waals surface area contributed by atoms with Crippen molar-refractivity contribution in [3.05, 3.63) is 66.4 Å². The highest BCUT2D eigenvalue weighted by molar-refractivity contribution is 5.79. The van der Waals surface area contributed by atoms with Crippen LogP contribution in [0.2, 0.25) is 0 Å². The Morgan fingerprint density at radius 1 is 1.19 bits per heavy atom. The molecule has 27 heavy (non-hydrogen) atoms. The molecular weight excluding hydrogens is 338 g/mol. The van der Waals surface area contributed by atoms with E-state index in [1.807, 2.05) is 68.4 Å². The van der Waals surface area contributed by atoms with Crippen molar-refractivity contribution < 1.29 is 4.74 Å². The van der Waals surface area contributed by atoms with Crippen LogP contribution in [0.25, 0.3) is 0 Å². The largest absolute Gasteiger partial charge is 0.489 e. The normalized spacial score (nSPS) is 11.0. The van der Waals surface area contributed by atoms with Gasteiger partial charge in [0.25, 0.3) is 0 Å². The van der Waals surface area contributed by atoms with Gasteiger partial charge < -0.3 is 20.3 Å². The lowest BCUT2D eigenvalue weighted by atomic mass is 10.2. The third-order valence-corrected chi connectivity index (χ3v) is 3.77. The topological polar surface area (TPSA) is 61.8 Å². The number of aliphatic imine (C=N–C) groups is 1. The van der Waals surface area contributed by atoms with Gasteiger partial charge in [-0.1, -0.05) is 36.9 Å². The van der Waals surface area contributed by atoms with Gasteiger partial charge in [-0.15, -0.1) is 0 Å². The average Bonchev–Trinajstić information content (AvgIpc) is 2.69. The molecule has 0 aliphatic carbocycles. The Morgan fingerprint density at radius 3 is 2.74 bits per heavy atom. The monoisotopic (exact) mass is 367 g/mol. The second-order valence-corrected chi connectivity index (χ2v) is 6.14. The van der Waals surface area contributed by atoms with Crippen molar-refractivity contribution in [2.75, 3.05) is 32.1 Å². The molecule has 6 heteroatoms. The summed E-state index contributed by atoms with van der Waals surface area (Å²) in [5.74, 6) is 2.51. The number of benzene rings is 1. The fourth-order valence-corrected chi connectivity index (χ4v) is 2.42. The molecule has 0 unspecified atom stereocenters. The van der Waals surface area contributed by atoms with Crippen molar-refractivity contribution in [1.82, 2.24) is 15.6 Å². The van der Waals surface area contributed by atoms with E-state index in [2.05, 4.69) is 27.2 Å². The second kappa shape index (κ2) is 10.9. The first-order valence-corrected chi connectivity index (χ1v) is 9.11. The van der Waals surface area contributed by atoms with Gasteiger partial charge in [-0.05, 0) is 25.1 Å². The smallest absolute Gasteiger partial charge is 0.191 e. The molecule has 6 nitrogen and oxygen atoms in total. The molecule has 1 aromatic heterocycles. The van der Waals surface area contributed by atoms with Crippen LogP contribution in [0, 0.1) is 0 Å². The molecule has 0 bridgehead atoms. The maximum absolute atomic E-state index is 5.70. The number of nitrogens with one attached hydrogen (secondary N) is 2. The summed E-state index contributed by atoms with van der Waals surface area (Å²) in [6.45, 7) is 8.12. The Bertz CT molecular complexity index is 758. The van der Waals surface area contributed by atoms with E-state index in [0.29, 0.717) is 19.7 Å². The number of pyridine rings is 1. The van der Waals surface area contributed by atoms with Gasteiger partial charge >= 0.3 is 0 Å². The van der Waals surface area contributed by atoms with Gasteiger partial charge in [0.05, 0.1) is 18.8 Å². The highest BCUT2D eigenvalue weighted by Gasteiger charge is 2.04. The SMILES string of the molecule is C=CCOc1ccccc1CN=C(NCC)NCc1cccc(N(C)C)n1. The highest BCUT2D eigenvalue weighted by Crippen LogP contribution is 2.18. The number of anilines is 1. The van der Waals surface area contributed by atoms with Gasteiger partial charge in [-0.3, -0.25) is 0 Å². The summed E-state index contributed by atoms with van der Waals surface area (Å²) < 4.78 is 5.70. The van der Waals surface area contributed by atoms with Crippen molar-refractivity contribution in [2.45, 2.75) is 20.0 Å². The second-order valence-electron chi connectivity index (χ2n) is 6.14. The minimum absolute atomic E-state index is 0.479. The van der Waals surface area contributed by atoms with Gasteiger partial charge in [0, 0.05) is 26.2 Å². The quantitative estimate of drug-likeness (QED) is 0.405. The number of rotatable bonds is 9. The summed E-state index contributed by atoms with van der Waals surface area (Å²) in [5.41, 5.74) is 1.99. The maximum atomic E-state index is 5.70. The first-order chi connectivity index (χ1) is 13.1. The molecule has 0 saturated heterocycles. The predicted octanol–water partition coefficient (Wildman–Crippen LogP) is 2.97. The number of guanidine groups is 1. The number of para-hydroxylation sites is 1. The summed E-state index contributed by atoms with van der Waals surface area (Å²) in [7, 11) is 3.97. The van der Waals surface area contributed by atoms with Crippen LogP contribution in [0.4, 0.5) is 5.82 Å². The number of nitrogens with zero attached hydrogens (tertiary/aromatic N) is 3. The zero-order valence-electron chi connectivity index (χ0n) is 16.4. The van der Waals surface area contributed by atoms with Gasteiger partial charge in [-0.2, -0.15) is 0 Å². The van der Waals surface area contributed by atoms with Crippen LogP contribution < -0.4 is 20.3 Å². The lowest BCUT2D eigenvalue weighted by Crippen LogP contribution is -2.37. The molecule has 0 aliphatic heterocycles. The lowest BCUT2D eigenvalue weighted by molar-refractivity contribution is 0.359. The molecule has 0 radical (unpaired) electrons. The minimum Gasteiger partial charge on any atom is -0.489 e. The number of hydrogen-bond acceptors (Lipinski definition) is 4. The van der Waals surface area contributed by atoms with Crippen LogP contribution in [0.1, 0.15) is 18.2 Å². The zero-order chi connectivity index (χ0) is 19.5. The van der Waals surface area contributed by atoms with E-state index in [0.717, 1.165) is 35.3 Å². The molecule has 0 spiro atoms. The summed E-state index contributed by atoms with van der Waals surface area (Å²) in [6, 6.07) is 13.9. The van der Waals surface area contributed by atoms with Crippen LogP contribution in [0.5, 0.6) is 5.75 Å². The highest BCUT2D eigenvalue weighted by atomic mass is 16.5. The van der Waals surface area contributed by atoms with E-state index in [4.69, 9.17) is 4.74 Å². The maximum Gasteiger partial charge on any atom is 0.191 e. The van der Waals surface area contributed by atoms with Crippen LogP contribution in [-0.4, -0.2) is 38.2 Å². The van der Waals surface area contributed by atoms with Crippen LogP contribution in [0.3, 0.4) is 0 Å². The Hall–Kier alpha value is -3.02. The van der Waals surface area contributed by atoms with Gasteiger partial charge in [0.1, 0.15) is 18.2 Å². The Morgan fingerprint density at radius 2 is 2.00 bits per heavy atom. The van der Waals surface area contributed by atoms with Crippen molar-refractivity contribution in [2.24, 2.45) is 4.99 Å². The summed E-state index contributed by atoms with van der Waals surface area (Å²) >= 11 is 0. The zero-order valence-corrected chi connectivity index (χ0v) is 16.4. The molecule has 0 fully saturated rings. The average molecular weight is 367 g/mol. The van der Waals surface area contributed by atoms with Crippen molar-refractivity contribution in [1.29, 1.82) is 0 Å². The van der Waals surface area contributed by atoms with Gasteiger partial charge in [0.2, 0.25) is 0 Å². The number of hydrogen-bond donors (Lipinski definition) is 2. The minimum atomic E-state index is 0.479. The fraction of sp³-hybridized carbons (Fsp3) is 0.333. The van der Waals surface area contributed by atoms with Crippen molar-refractivity contribution in [3.63, 3.8) is 0 Å². The molecule has 0 aliphatic rings. The molecule has 1 aromatic carbocycles. The Kier molecular flexibility index (Phi) is 8.16. The lowest BCUT2D eigenvalue weighted by Gasteiger charge is -2.14. The van der Waals surface area contributed by atoms with E-state index in [1.165, 1.54) is 0 Å². The molecule has 0 atom stereocenters. The first-order valence-electron chi connectivity index (χ1n) is 9.11. The van der Waals surface area contributed by atoms with Crippen molar-refractivity contribution in [3.8, 4) is 5.75 Å². The molecule has 2 aromatic rings. The molecule has 0 amide bonds. The summed E-state index contributed by atoms with van der Waals surface area (Å²) in [5, 5.41) is 6.60. The Balaban J connectivity index is 2.04. The summed E-state index contributed by atoms with van der Waals surface area (Å²) in [4.78, 5) is 11.3. The van der Waals surface area contributed by atoms with Crippen molar-refractivity contribution >= 4 is 11.8 Å². The molecule has 2 N–H and O–H groups in total. The standard InChI is InChI=1S/C21H29N5O/c1-5-14-27-19-12-8-7-10-17(19)15-23-21(22-6-2)24-16-18-11-9-13-20(25-18)26(3)4/h5,7-13H,1,6,14-16H2,2-4H3,(H2,22,23,24). The third-order valence-electron chi connectivity index (χ3n) is 3.77. The van der Waals surface area contributed by atoms with E-state index in [9.17, 15) is 0 Å². The van der Waals surface area contributed by atoms with E-state index < -0.39 is 0 Å². The number of aromatic nitrogens is 1.